The minimum atomic E-state index is -0.510. The second-order valence-corrected chi connectivity index (χ2v) is 5.64. The van der Waals surface area contributed by atoms with Crippen molar-refractivity contribution in [1.82, 2.24) is 5.32 Å². The van der Waals surface area contributed by atoms with E-state index in [9.17, 15) is 4.79 Å². The Hall–Kier alpha value is -2.69. The fourth-order valence-electron chi connectivity index (χ4n) is 2.23. The zero-order valence-corrected chi connectivity index (χ0v) is 15.0. The zero-order valence-electron chi connectivity index (χ0n) is 15.0. The van der Waals surface area contributed by atoms with E-state index in [1.165, 1.54) is 0 Å². The summed E-state index contributed by atoms with van der Waals surface area (Å²) < 4.78 is 16.4. The van der Waals surface area contributed by atoms with Crippen LogP contribution in [0.5, 0.6) is 17.2 Å². The maximum atomic E-state index is 12.2. The van der Waals surface area contributed by atoms with E-state index in [4.69, 9.17) is 14.2 Å². The molecule has 0 heterocycles. The molecule has 2 aromatic rings. The van der Waals surface area contributed by atoms with Gasteiger partial charge in [0.2, 0.25) is 0 Å². The number of methoxy groups -OCH3 is 1. The van der Waals surface area contributed by atoms with E-state index in [1.807, 2.05) is 62.4 Å². The number of carbonyl (C=O) groups is 1. The van der Waals surface area contributed by atoms with Crippen LogP contribution in [-0.2, 0) is 4.79 Å². The Labute approximate surface area is 148 Å². The van der Waals surface area contributed by atoms with E-state index in [2.05, 4.69) is 5.32 Å². The van der Waals surface area contributed by atoms with Crippen LogP contribution in [0.3, 0.4) is 0 Å². The highest BCUT2D eigenvalue weighted by Crippen LogP contribution is 2.17. The van der Waals surface area contributed by atoms with E-state index < -0.39 is 6.10 Å². The van der Waals surface area contributed by atoms with Gasteiger partial charge in [0.25, 0.3) is 5.91 Å². The van der Waals surface area contributed by atoms with Gasteiger partial charge in [-0.05, 0) is 49.7 Å². The molecule has 5 heteroatoms. The summed E-state index contributed by atoms with van der Waals surface area (Å²) in [5.74, 6) is 2.07. The number of nitrogens with one attached hydrogen (secondary N) is 1. The van der Waals surface area contributed by atoms with E-state index in [0.717, 1.165) is 17.1 Å². The first-order chi connectivity index (χ1) is 12.1. The Kier molecular flexibility index (Phi) is 7.14. The average Bonchev–Trinajstić information content (AvgIpc) is 2.65. The van der Waals surface area contributed by atoms with Gasteiger partial charge in [0.15, 0.2) is 6.10 Å². The van der Waals surface area contributed by atoms with E-state index in [-0.39, 0.29) is 5.91 Å². The predicted octanol–water partition coefficient (Wildman–Crippen LogP) is 3.36. The lowest BCUT2D eigenvalue weighted by Crippen LogP contribution is -2.39. The molecule has 5 nitrogen and oxygen atoms in total. The SMILES string of the molecule is CCC(Oc1ccc(C)cc1)C(=O)NCCOc1ccc(OC)cc1. The molecule has 1 amide bonds. The van der Waals surface area contributed by atoms with Crippen LogP contribution in [0.1, 0.15) is 18.9 Å². The van der Waals surface area contributed by atoms with Gasteiger partial charge in [-0.3, -0.25) is 4.79 Å². The van der Waals surface area contributed by atoms with Gasteiger partial charge in [0, 0.05) is 0 Å². The van der Waals surface area contributed by atoms with Crippen LogP contribution in [0.15, 0.2) is 48.5 Å². The van der Waals surface area contributed by atoms with Gasteiger partial charge in [0.05, 0.1) is 13.7 Å². The Morgan fingerprint density at radius 1 is 1.00 bits per heavy atom. The summed E-state index contributed by atoms with van der Waals surface area (Å²) in [6, 6.07) is 15.0. The minimum Gasteiger partial charge on any atom is -0.497 e. The Bertz CT molecular complexity index is 652. The van der Waals surface area contributed by atoms with Crippen LogP contribution in [0.2, 0.25) is 0 Å². The third kappa shape index (κ3) is 6.03. The van der Waals surface area contributed by atoms with Crippen molar-refractivity contribution in [2.45, 2.75) is 26.4 Å². The number of aryl methyl sites for hydroxylation is 1. The highest BCUT2D eigenvalue weighted by atomic mass is 16.5. The van der Waals surface area contributed by atoms with E-state index >= 15 is 0 Å². The second-order valence-electron chi connectivity index (χ2n) is 5.64. The molecule has 0 aliphatic carbocycles. The normalized spacial score (nSPS) is 11.5. The topological polar surface area (TPSA) is 56.8 Å². The summed E-state index contributed by atoms with van der Waals surface area (Å²) >= 11 is 0. The molecule has 0 aromatic heterocycles. The van der Waals surface area contributed by atoms with Crippen molar-refractivity contribution in [2.75, 3.05) is 20.3 Å². The Balaban J connectivity index is 1.74. The number of hydrogen-bond acceptors (Lipinski definition) is 4. The molecule has 0 bridgehead atoms. The summed E-state index contributed by atoms with van der Waals surface area (Å²) in [7, 11) is 1.62. The standard InChI is InChI=1S/C20H25NO4/c1-4-19(25-18-7-5-15(2)6-8-18)20(22)21-13-14-24-17-11-9-16(23-3)10-12-17/h5-12,19H,4,13-14H2,1-3H3,(H,21,22). The molecule has 25 heavy (non-hydrogen) atoms. The first-order valence-electron chi connectivity index (χ1n) is 8.40. The molecule has 1 atom stereocenters. The molecule has 2 rings (SSSR count). The van der Waals surface area contributed by atoms with Gasteiger partial charge in [-0.1, -0.05) is 24.6 Å². The molecule has 0 aliphatic rings. The molecular weight excluding hydrogens is 318 g/mol. The summed E-state index contributed by atoms with van der Waals surface area (Å²) in [4.78, 5) is 12.2. The molecule has 1 unspecified atom stereocenters. The molecule has 0 aliphatic heterocycles. The highest BCUT2D eigenvalue weighted by Gasteiger charge is 2.17. The molecule has 1 N–H and O–H groups in total. The van der Waals surface area contributed by atoms with E-state index in [0.29, 0.717) is 25.3 Å². The van der Waals surface area contributed by atoms with Crippen LogP contribution >= 0.6 is 0 Å². The largest absolute Gasteiger partial charge is 0.497 e. The molecule has 0 saturated heterocycles. The van der Waals surface area contributed by atoms with Crippen LogP contribution in [0.4, 0.5) is 0 Å². The molecular formula is C20H25NO4. The molecule has 0 spiro atoms. The fraction of sp³-hybridized carbons (Fsp3) is 0.350. The maximum absolute atomic E-state index is 12.2. The molecule has 0 radical (unpaired) electrons. The van der Waals surface area contributed by atoms with Gasteiger partial charge in [-0.15, -0.1) is 0 Å². The number of rotatable bonds is 9. The number of benzene rings is 2. The zero-order chi connectivity index (χ0) is 18.1. The van der Waals surface area contributed by atoms with Gasteiger partial charge in [-0.2, -0.15) is 0 Å². The van der Waals surface area contributed by atoms with Crippen LogP contribution < -0.4 is 19.5 Å². The van der Waals surface area contributed by atoms with Crippen LogP contribution in [-0.4, -0.2) is 32.3 Å². The first kappa shape index (κ1) is 18.6. The second kappa shape index (κ2) is 9.57. The van der Waals surface area contributed by atoms with Crippen molar-refractivity contribution < 1.29 is 19.0 Å². The number of hydrogen-bond donors (Lipinski definition) is 1. The summed E-state index contributed by atoms with van der Waals surface area (Å²) in [5.41, 5.74) is 1.15. The van der Waals surface area contributed by atoms with Gasteiger partial charge in [-0.25, -0.2) is 0 Å². The summed E-state index contributed by atoms with van der Waals surface area (Å²) in [5, 5.41) is 2.84. The maximum Gasteiger partial charge on any atom is 0.261 e. The van der Waals surface area contributed by atoms with Gasteiger partial charge in [0.1, 0.15) is 23.9 Å². The van der Waals surface area contributed by atoms with Crippen molar-refractivity contribution in [1.29, 1.82) is 0 Å². The van der Waals surface area contributed by atoms with Crippen molar-refractivity contribution in [3.63, 3.8) is 0 Å². The number of carbonyl (C=O) groups excluding carboxylic acids is 1. The summed E-state index contributed by atoms with van der Waals surface area (Å²) in [6.07, 6.45) is 0.0858. The smallest absolute Gasteiger partial charge is 0.261 e. The predicted molar refractivity (Wildman–Crippen MR) is 97.4 cm³/mol. The quantitative estimate of drug-likeness (QED) is 0.710. The molecule has 0 saturated carbocycles. The minimum absolute atomic E-state index is 0.138. The average molecular weight is 343 g/mol. The van der Waals surface area contributed by atoms with Gasteiger partial charge >= 0.3 is 0 Å². The first-order valence-corrected chi connectivity index (χ1v) is 8.40. The lowest BCUT2D eigenvalue weighted by atomic mass is 10.2. The lowest BCUT2D eigenvalue weighted by molar-refractivity contribution is -0.128. The van der Waals surface area contributed by atoms with Crippen molar-refractivity contribution >= 4 is 5.91 Å². The highest BCUT2D eigenvalue weighted by molar-refractivity contribution is 5.81. The third-order valence-corrected chi connectivity index (χ3v) is 3.69. The summed E-state index contributed by atoms with van der Waals surface area (Å²) in [6.45, 7) is 4.74. The van der Waals surface area contributed by atoms with Crippen molar-refractivity contribution in [3.05, 3.63) is 54.1 Å². The van der Waals surface area contributed by atoms with E-state index in [1.54, 1.807) is 7.11 Å². The van der Waals surface area contributed by atoms with Gasteiger partial charge < -0.3 is 19.5 Å². The number of amides is 1. The van der Waals surface area contributed by atoms with Crippen molar-refractivity contribution in [3.8, 4) is 17.2 Å². The monoisotopic (exact) mass is 343 g/mol. The Morgan fingerprint density at radius 3 is 2.20 bits per heavy atom. The molecule has 0 fully saturated rings. The van der Waals surface area contributed by atoms with Crippen LogP contribution in [0.25, 0.3) is 0 Å². The third-order valence-electron chi connectivity index (χ3n) is 3.69. The fourth-order valence-corrected chi connectivity index (χ4v) is 2.23. The van der Waals surface area contributed by atoms with Crippen molar-refractivity contribution in [2.24, 2.45) is 0 Å². The van der Waals surface area contributed by atoms with Crippen LogP contribution in [0, 0.1) is 6.92 Å². The molecule has 2 aromatic carbocycles. The number of ether oxygens (including phenoxy) is 3. The lowest BCUT2D eigenvalue weighted by Gasteiger charge is -2.17. The Morgan fingerprint density at radius 2 is 1.60 bits per heavy atom. The molecule has 134 valence electrons.